The highest BCUT2D eigenvalue weighted by Gasteiger charge is 2.29. The Morgan fingerprint density at radius 2 is 2.00 bits per heavy atom. The predicted molar refractivity (Wildman–Crippen MR) is 131 cm³/mol. The van der Waals surface area contributed by atoms with Crippen molar-refractivity contribution in [2.24, 2.45) is 5.92 Å². The van der Waals surface area contributed by atoms with Gasteiger partial charge in [-0.25, -0.2) is 4.98 Å². The van der Waals surface area contributed by atoms with Gasteiger partial charge in [0, 0.05) is 18.0 Å². The van der Waals surface area contributed by atoms with Gasteiger partial charge in [0.05, 0.1) is 18.6 Å². The Morgan fingerprint density at radius 1 is 1.28 bits per heavy atom. The fraction of sp³-hybridized carbons (Fsp3) is 0.458. The summed E-state index contributed by atoms with van der Waals surface area (Å²) in [6.07, 6.45) is 1.94. The van der Waals surface area contributed by atoms with Crippen LogP contribution in [0.15, 0.2) is 40.3 Å². The van der Waals surface area contributed by atoms with Crippen molar-refractivity contribution in [3.05, 3.63) is 56.7 Å². The first-order chi connectivity index (χ1) is 15.5. The number of morpholine rings is 1. The largest absolute Gasteiger partial charge is 0.378 e. The molecule has 3 heterocycles. The van der Waals surface area contributed by atoms with Gasteiger partial charge in [-0.15, -0.1) is 11.3 Å². The molecular formula is C24H29N3O3S2. The van der Waals surface area contributed by atoms with Crippen molar-refractivity contribution in [1.29, 1.82) is 0 Å². The van der Waals surface area contributed by atoms with Crippen LogP contribution in [0.4, 0.5) is 0 Å². The molecule has 8 heteroatoms. The van der Waals surface area contributed by atoms with Gasteiger partial charge in [0.1, 0.15) is 10.1 Å². The molecule has 6 nitrogen and oxygen atoms in total. The first kappa shape index (κ1) is 23.0. The molecule has 2 atom stereocenters. The molecule has 1 amide bonds. The molecule has 0 unspecified atom stereocenters. The van der Waals surface area contributed by atoms with E-state index in [4.69, 9.17) is 9.72 Å². The van der Waals surface area contributed by atoms with E-state index in [1.807, 2.05) is 35.2 Å². The summed E-state index contributed by atoms with van der Waals surface area (Å²) in [5, 5.41) is 0.706. The van der Waals surface area contributed by atoms with E-state index in [9.17, 15) is 9.59 Å². The predicted octanol–water partition coefficient (Wildman–Crippen LogP) is 4.57. The third-order valence-electron chi connectivity index (χ3n) is 5.97. The Kier molecular flexibility index (Phi) is 7.33. The van der Waals surface area contributed by atoms with Crippen molar-refractivity contribution >= 4 is 39.2 Å². The number of ether oxygens (including phenoxy) is 1. The second-order valence-corrected chi connectivity index (χ2v) is 10.5. The smallest absolute Gasteiger partial charge is 0.260 e. The molecule has 0 radical (unpaired) electrons. The van der Waals surface area contributed by atoms with E-state index < -0.39 is 5.25 Å². The Bertz CT molecular complexity index is 1140. The number of aromatic amines is 1. The van der Waals surface area contributed by atoms with Crippen molar-refractivity contribution in [1.82, 2.24) is 14.9 Å². The minimum Gasteiger partial charge on any atom is -0.378 e. The molecule has 0 spiro atoms. The summed E-state index contributed by atoms with van der Waals surface area (Å²) in [5.74, 6) is 0.528. The first-order valence-electron chi connectivity index (χ1n) is 11.1. The molecule has 170 valence electrons. The first-order valence-corrected chi connectivity index (χ1v) is 12.8. The topological polar surface area (TPSA) is 75.3 Å². The number of rotatable bonds is 7. The molecule has 1 aliphatic heterocycles. The highest BCUT2D eigenvalue weighted by molar-refractivity contribution is 8.00. The van der Waals surface area contributed by atoms with E-state index in [1.54, 1.807) is 11.3 Å². The standard InChI is InChI=1S/C24H29N3O3S2/c1-4-15(2)14-18-16(3)31-22-19(18)21(28)25-24(26-22)32-20(17-8-6-5-7-9-17)23(29)27-10-12-30-13-11-27/h5-9,15,20H,4,10-14H2,1-3H3,(H,25,26,28)/t15-,20-/m1/s1. The molecule has 4 rings (SSSR count). The number of carbonyl (C=O) groups excluding carboxylic acids is 1. The highest BCUT2D eigenvalue weighted by Crippen LogP contribution is 2.37. The van der Waals surface area contributed by atoms with Crippen LogP contribution in [0.25, 0.3) is 10.2 Å². The third-order valence-corrected chi connectivity index (χ3v) is 8.14. The van der Waals surface area contributed by atoms with E-state index in [0.717, 1.165) is 33.7 Å². The molecule has 1 saturated heterocycles. The van der Waals surface area contributed by atoms with Crippen LogP contribution in [0.1, 0.15) is 41.5 Å². The maximum atomic E-state index is 13.4. The van der Waals surface area contributed by atoms with Gasteiger partial charge in [-0.2, -0.15) is 0 Å². The zero-order valence-electron chi connectivity index (χ0n) is 18.7. The number of thiophene rings is 1. The molecule has 0 bridgehead atoms. The molecule has 0 saturated carbocycles. The number of nitrogens with one attached hydrogen (secondary N) is 1. The van der Waals surface area contributed by atoms with Crippen LogP contribution < -0.4 is 5.56 Å². The van der Waals surface area contributed by atoms with Gasteiger partial charge in [-0.05, 0) is 30.4 Å². The van der Waals surface area contributed by atoms with Crippen LogP contribution in [-0.4, -0.2) is 47.1 Å². The van der Waals surface area contributed by atoms with Gasteiger partial charge in [-0.1, -0.05) is 62.4 Å². The number of amides is 1. The number of fused-ring (bicyclic) bond motifs is 1. The van der Waals surface area contributed by atoms with Crippen molar-refractivity contribution in [3.8, 4) is 0 Å². The summed E-state index contributed by atoms with van der Waals surface area (Å²) in [4.78, 5) is 37.9. The van der Waals surface area contributed by atoms with Gasteiger partial charge in [-0.3, -0.25) is 9.59 Å². The van der Waals surface area contributed by atoms with E-state index >= 15 is 0 Å². The summed E-state index contributed by atoms with van der Waals surface area (Å²) in [6, 6.07) is 9.69. The zero-order valence-corrected chi connectivity index (χ0v) is 20.4. The number of benzene rings is 1. The van der Waals surface area contributed by atoms with Crippen LogP contribution in [0, 0.1) is 12.8 Å². The normalized spacial score (nSPS) is 16.3. The number of aryl methyl sites for hydroxylation is 1. The lowest BCUT2D eigenvalue weighted by molar-refractivity contribution is -0.134. The SMILES string of the molecule is CC[C@@H](C)Cc1c(C)sc2nc(S[C@@H](C(=O)N3CCOCC3)c3ccccc3)[nH]c(=O)c12. The molecule has 32 heavy (non-hydrogen) atoms. The van der Waals surface area contributed by atoms with Gasteiger partial charge >= 0.3 is 0 Å². The minimum absolute atomic E-state index is 0.0204. The van der Waals surface area contributed by atoms with Gasteiger partial charge < -0.3 is 14.6 Å². The van der Waals surface area contributed by atoms with Crippen molar-refractivity contribution < 1.29 is 9.53 Å². The maximum Gasteiger partial charge on any atom is 0.260 e. The van der Waals surface area contributed by atoms with E-state index in [-0.39, 0.29) is 11.5 Å². The maximum absolute atomic E-state index is 13.4. The molecular weight excluding hydrogens is 442 g/mol. The lowest BCUT2D eigenvalue weighted by atomic mass is 9.98. The molecule has 1 fully saturated rings. The van der Waals surface area contributed by atoms with Crippen LogP contribution >= 0.6 is 23.1 Å². The second kappa shape index (κ2) is 10.2. The molecule has 2 aromatic heterocycles. The summed E-state index contributed by atoms with van der Waals surface area (Å²) in [6.45, 7) is 8.69. The summed E-state index contributed by atoms with van der Waals surface area (Å²) >= 11 is 2.88. The molecule has 0 aliphatic carbocycles. The molecule has 1 aromatic carbocycles. The Balaban J connectivity index is 1.68. The number of hydrogen-bond acceptors (Lipinski definition) is 6. The average Bonchev–Trinajstić information content (AvgIpc) is 3.13. The van der Waals surface area contributed by atoms with Crippen molar-refractivity contribution in [2.45, 2.75) is 44.0 Å². The summed E-state index contributed by atoms with van der Waals surface area (Å²) in [7, 11) is 0. The number of thioether (sulfide) groups is 1. The monoisotopic (exact) mass is 471 g/mol. The minimum atomic E-state index is -0.476. The number of carbonyl (C=O) groups is 1. The summed E-state index contributed by atoms with van der Waals surface area (Å²) < 4.78 is 5.41. The Morgan fingerprint density at radius 3 is 2.69 bits per heavy atom. The Hall–Kier alpha value is -2.16. The van der Waals surface area contributed by atoms with E-state index in [0.29, 0.717) is 42.8 Å². The fourth-order valence-corrected chi connectivity index (χ4v) is 6.07. The highest BCUT2D eigenvalue weighted by atomic mass is 32.2. The van der Waals surface area contributed by atoms with Gasteiger partial charge in [0.2, 0.25) is 5.91 Å². The number of aromatic nitrogens is 2. The average molecular weight is 472 g/mol. The summed E-state index contributed by atoms with van der Waals surface area (Å²) in [5.41, 5.74) is 1.89. The second-order valence-electron chi connectivity index (χ2n) is 8.25. The third kappa shape index (κ3) is 4.92. The number of H-pyrrole nitrogens is 1. The zero-order chi connectivity index (χ0) is 22.7. The van der Waals surface area contributed by atoms with E-state index in [2.05, 4.69) is 25.8 Å². The number of nitrogens with zero attached hydrogens (tertiary/aromatic N) is 2. The number of hydrogen-bond donors (Lipinski definition) is 1. The molecule has 1 N–H and O–H groups in total. The van der Waals surface area contributed by atoms with Crippen LogP contribution in [0.2, 0.25) is 0 Å². The van der Waals surface area contributed by atoms with Gasteiger partial charge in [0.15, 0.2) is 5.16 Å². The quantitative estimate of drug-likeness (QED) is 0.403. The molecule has 3 aromatic rings. The van der Waals surface area contributed by atoms with Crippen LogP contribution in [0.3, 0.4) is 0 Å². The van der Waals surface area contributed by atoms with Crippen LogP contribution in [0.5, 0.6) is 0 Å². The lowest BCUT2D eigenvalue weighted by Crippen LogP contribution is -2.42. The molecule has 1 aliphatic rings. The van der Waals surface area contributed by atoms with Crippen molar-refractivity contribution in [2.75, 3.05) is 26.3 Å². The van der Waals surface area contributed by atoms with Crippen molar-refractivity contribution in [3.63, 3.8) is 0 Å². The Labute approximate surface area is 196 Å². The van der Waals surface area contributed by atoms with Gasteiger partial charge in [0.25, 0.3) is 5.56 Å². The lowest BCUT2D eigenvalue weighted by Gasteiger charge is -2.30. The van der Waals surface area contributed by atoms with Crippen LogP contribution in [-0.2, 0) is 16.0 Å². The fourth-order valence-electron chi connectivity index (χ4n) is 3.90. The van der Waals surface area contributed by atoms with E-state index in [1.165, 1.54) is 11.8 Å².